The number of carbonyl (C=O) groups excluding carboxylic acids is 2. The van der Waals surface area contributed by atoms with Crippen LogP contribution >= 0.6 is 0 Å². The number of esters is 1. The Balaban J connectivity index is 1.24. The molecule has 1 saturated heterocycles. The number of hydrogen-bond acceptors (Lipinski definition) is 10. The molecule has 1 atom stereocenters. The van der Waals surface area contributed by atoms with Crippen LogP contribution < -0.4 is 9.47 Å². The Morgan fingerprint density at radius 3 is 1.94 bits per heavy atom. The monoisotopic (exact) mass is 717 g/mol. The van der Waals surface area contributed by atoms with Crippen LogP contribution in [0, 0.1) is 13.8 Å². The molecule has 7 rings (SSSR count). The number of hydrogen-bond donors (Lipinski definition) is 0. The van der Waals surface area contributed by atoms with Gasteiger partial charge in [0.25, 0.3) is 0 Å². The number of methoxy groups -OCH3 is 1. The van der Waals surface area contributed by atoms with E-state index in [9.17, 15) is 27.2 Å². The predicted octanol–water partition coefficient (Wildman–Crippen LogP) is 8.74. The zero-order valence-corrected chi connectivity index (χ0v) is 28.1. The van der Waals surface area contributed by atoms with Crippen molar-refractivity contribution in [2.45, 2.75) is 52.5 Å². The smallest absolute Gasteiger partial charge is 0.387 e. The SMILES string of the molecule is COC(=O)[C@@H]1CCCN1Cc1cc2nc(-c3cccc(-c4cccc(-c5nc6cc(C=O)c(OC(F)F)cc6o5)c4C)c3C)oc2cc1OC(F)F. The molecule has 0 aliphatic carbocycles. The van der Waals surface area contributed by atoms with Gasteiger partial charge in [0, 0.05) is 35.4 Å². The fraction of sp³-hybridized carbons (Fsp3) is 0.263. The van der Waals surface area contributed by atoms with E-state index < -0.39 is 19.3 Å². The highest BCUT2D eigenvalue weighted by molar-refractivity contribution is 5.90. The minimum absolute atomic E-state index is 0.0713. The van der Waals surface area contributed by atoms with Gasteiger partial charge >= 0.3 is 19.2 Å². The standard InChI is InChI=1S/C38H31F4N3O7/c1-19-23(24-8-5-10-26(20(24)2)35-44-28-14-22(18-46)31(52-38(41)42)16-33(28)50-35)7-4-9-25(19)34-43-27-13-21(30(51-37(39)40)15-32(27)49-34)17-45-12-6-11-29(45)36(47)48-3/h4-5,7-10,13-16,18,29,37-38H,6,11-12,17H2,1-3H3/t29-/m0/s1. The van der Waals surface area contributed by atoms with Crippen molar-refractivity contribution < 1.29 is 50.2 Å². The van der Waals surface area contributed by atoms with Gasteiger partial charge < -0.3 is 23.0 Å². The minimum atomic E-state index is -3.12. The molecular weight excluding hydrogens is 686 g/mol. The van der Waals surface area contributed by atoms with Crippen LogP contribution in [0.25, 0.3) is 56.2 Å². The molecular formula is C38H31F4N3O7. The molecule has 0 saturated carbocycles. The van der Waals surface area contributed by atoms with Crippen LogP contribution in [0.3, 0.4) is 0 Å². The van der Waals surface area contributed by atoms with Gasteiger partial charge in [-0.05, 0) is 79.8 Å². The highest BCUT2D eigenvalue weighted by Gasteiger charge is 2.32. The van der Waals surface area contributed by atoms with Gasteiger partial charge in [-0.3, -0.25) is 14.5 Å². The molecule has 52 heavy (non-hydrogen) atoms. The molecule has 14 heteroatoms. The molecule has 0 bridgehead atoms. The number of likely N-dealkylation sites (tertiary alicyclic amines) is 1. The van der Waals surface area contributed by atoms with Crippen LogP contribution in [0.1, 0.15) is 39.9 Å². The second-order valence-electron chi connectivity index (χ2n) is 12.3. The summed E-state index contributed by atoms with van der Waals surface area (Å²) in [5, 5.41) is 0. The summed E-state index contributed by atoms with van der Waals surface area (Å²) in [7, 11) is 1.32. The number of carbonyl (C=O) groups is 2. The molecule has 0 N–H and O–H groups in total. The lowest BCUT2D eigenvalue weighted by Gasteiger charge is -2.23. The lowest BCUT2D eigenvalue weighted by atomic mass is 9.91. The van der Waals surface area contributed by atoms with E-state index in [0.29, 0.717) is 47.0 Å². The molecule has 0 unspecified atom stereocenters. The Hall–Kier alpha value is -5.76. The maximum atomic E-state index is 13.5. The molecule has 4 aromatic carbocycles. The van der Waals surface area contributed by atoms with Crippen LogP contribution in [0.15, 0.2) is 69.5 Å². The van der Waals surface area contributed by atoms with Crippen molar-refractivity contribution >= 4 is 34.5 Å². The molecule has 0 amide bonds. The van der Waals surface area contributed by atoms with Gasteiger partial charge in [-0.15, -0.1) is 0 Å². The highest BCUT2D eigenvalue weighted by Crippen LogP contribution is 2.39. The first-order valence-corrected chi connectivity index (χ1v) is 16.3. The lowest BCUT2D eigenvalue weighted by molar-refractivity contribution is -0.146. The molecule has 3 heterocycles. The summed E-state index contributed by atoms with van der Waals surface area (Å²) in [6.07, 6.45) is 1.77. The second kappa shape index (κ2) is 14.1. The number of halogens is 4. The number of fused-ring (bicyclic) bond motifs is 2. The summed E-state index contributed by atoms with van der Waals surface area (Å²) in [5.41, 5.74) is 6.10. The largest absolute Gasteiger partial charge is 0.468 e. The van der Waals surface area contributed by atoms with Crippen molar-refractivity contribution in [2.24, 2.45) is 0 Å². The average Bonchev–Trinajstić information content (AvgIpc) is 3.86. The van der Waals surface area contributed by atoms with Gasteiger partial charge in [-0.2, -0.15) is 17.6 Å². The Kier molecular flexibility index (Phi) is 9.40. The molecule has 10 nitrogen and oxygen atoms in total. The summed E-state index contributed by atoms with van der Waals surface area (Å²) in [5.74, 6) is -0.280. The molecule has 1 fully saturated rings. The first-order valence-electron chi connectivity index (χ1n) is 16.3. The van der Waals surface area contributed by atoms with E-state index in [1.807, 2.05) is 55.1 Å². The molecule has 268 valence electrons. The third-order valence-electron chi connectivity index (χ3n) is 9.28. The zero-order chi connectivity index (χ0) is 36.7. The summed E-state index contributed by atoms with van der Waals surface area (Å²) in [4.78, 5) is 35.0. The predicted molar refractivity (Wildman–Crippen MR) is 181 cm³/mol. The third kappa shape index (κ3) is 6.57. The Morgan fingerprint density at radius 2 is 1.38 bits per heavy atom. The van der Waals surface area contributed by atoms with Gasteiger partial charge in [-0.1, -0.05) is 24.3 Å². The van der Waals surface area contributed by atoms with E-state index in [0.717, 1.165) is 28.7 Å². The quantitative estimate of drug-likeness (QED) is 0.0732. The van der Waals surface area contributed by atoms with Gasteiger partial charge in [0.1, 0.15) is 28.6 Å². The number of oxazole rings is 2. The molecule has 1 aliphatic rings. The first kappa shape index (κ1) is 34.7. The Labute approximate surface area is 293 Å². The Bertz CT molecular complexity index is 2320. The molecule has 1 aliphatic heterocycles. The van der Waals surface area contributed by atoms with Gasteiger partial charge in [0.15, 0.2) is 17.5 Å². The van der Waals surface area contributed by atoms with Crippen LogP contribution in [0.5, 0.6) is 11.5 Å². The van der Waals surface area contributed by atoms with E-state index in [-0.39, 0.29) is 52.5 Å². The number of nitrogens with zero attached hydrogens (tertiary/aromatic N) is 3. The normalized spacial score (nSPS) is 14.9. The van der Waals surface area contributed by atoms with E-state index >= 15 is 0 Å². The van der Waals surface area contributed by atoms with E-state index in [1.165, 1.54) is 25.3 Å². The molecule has 0 radical (unpaired) electrons. The molecule has 2 aromatic heterocycles. The van der Waals surface area contributed by atoms with Crippen molar-refractivity contribution in [1.29, 1.82) is 0 Å². The average molecular weight is 718 g/mol. The number of benzene rings is 4. The summed E-state index contributed by atoms with van der Waals surface area (Å²) >= 11 is 0. The fourth-order valence-electron chi connectivity index (χ4n) is 6.78. The minimum Gasteiger partial charge on any atom is -0.468 e. The summed E-state index contributed by atoms with van der Waals surface area (Å²) in [6, 6.07) is 16.3. The van der Waals surface area contributed by atoms with Gasteiger partial charge in [-0.25, -0.2) is 9.97 Å². The topological polar surface area (TPSA) is 117 Å². The number of aldehydes is 1. The van der Waals surface area contributed by atoms with Crippen LogP contribution in [-0.2, 0) is 16.1 Å². The van der Waals surface area contributed by atoms with Crippen LogP contribution in [0.4, 0.5) is 17.6 Å². The van der Waals surface area contributed by atoms with Crippen molar-refractivity contribution in [3.63, 3.8) is 0 Å². The summed E-state index contributed by atoms with van der Waals surface area (Å²) in [6.45, 7) is -1.63. The maximum Gasteiger partial charge on any atom is 0.387 e. The van der Waals surface area contributed by atoms with Crippen LogP contribution in [-0.4, -0.2) is 60.0 Å². The van der Waals surface area contributed by atoms with Crippen molar-refractivity contribution in [1.82, 2.24) is 14.9 Å². The van der Waals surface area contributed by atoms with E-state index in [4.69, 9.17) is 23.3 Å². The van der Waals surface area contributed by atoms with Gasteiger partial charge in [0.05, 0.1) is 12.7 Å². The first-order chi connectivity index (χ1) is 25.0. The van der Waals surface area contributed by atoms with E-state index in [1.54, 1.807) is 6.07 Å². The number of ether oxygens (including phenoxy) is 3. The number of alkyl halides is 4. The maximum absolute atomic E-state index is 13.5. The van der Waals surface area contributed by atoms with Gasteiger partial charge in [0.2, 0.25) is 11.8 Å². The zero-order valence-electron chi connectivity index (χ0n) is 28.1. The van der Waals surface area contributed by atoms with Crippen LogP contribution in [0.2, 0.25) is 0 Å². The Morgan fingerprint density at radius 1 is 0.846 bits per heavy atom. The van der Waals surface area contributed by atoms with Crippen molar-refractivity contribution in [2.75, 3.05) is 13.7 Å². The lowest BCUT2D eigenvalue weighted by Crippen LogP contribution is -2.36. The number of aromatic nitrogens is 2. The molecule has 0 spiro atoms. The summed E-state index contributed by atoms with van der Waals surface area (Å²) < 4.78 is 79.3. The van der Waals surface area contributed by atoms with E-state index in [2.05, 4.69) is 9.72 Å². The third-order valence-corrected chi connectivity index (χ3v) is 9.28. The second-order valence-corrected chi connectivity index (χ2v) is 12.3. The van der Waals surface area contributed by atoms with Crippen molar-refractivity contribution in [3.8, 4) is 45.5 Å². The van der Waals surface area contributed by atoms with Crippen molar-refractivity contribution in [3.05, 3.63) is 82.9 Å². The molecule has 6 aromatic rings. The fourth-order valence-corrected chi connectivity index (χ4v) is 6.78. The number of rotatable bonds is 11. The highest BCUT2D eigenvalue weighted by atomic mass is 19.3.